The molecule has 1 amide bonds. The van der Waals surface area contributed by atoms with Crippen molar-refractivity contribution < 1.29 is 18.7 Å². The van der Waals surface area contributed by atoms with Crippen LogP contribution in [0.15, 0.2) is 96.2 Å². The molecule has 0 atom stereocenters. The van der Waals surface area contributed by atoms with Gasteiger partial charge in [-0.2, -0.15) is 0 Å². The van der Waals surface area contributed by atoms with Gasteiger partial charge in [-0.1, -0.05) is 54.6 Å². The average Bonchev–Trinajstić information content (AvgIpc) is 3.32. The molecular formula is C32H23F2N5O3. The van der Waals surface area contributed by atoms with E-state index in [0.29, 0.717) is 16.8 Å². The maximum absolute atomic E-state index is 13.5. The average molecular weight is 564 g/mol. The van der Waals surface area contributed by atoms with Crippen molar-refractivity contribution in [3.05, 3.63) is 130 Å². The Morgan fingerprint density at radius 3 is 2.74 bits per heavy atom. The van der Waals surface area contributed by atoms with E-state index >= 15 is 0 Å². The number of hydrogen-bond acceptors (Lipinski definition) is 5. The fraction of sp³-hybridized carbons (Fsp3) is 0.0625. The van der Waals surface area contributed by atoms with Gasteiger partial charge in [0.1, 0.15) is 5.56 Å². The minimum absolute atomic E-state index is 0.0212. The highest BCUT2D eigenvalue weighted by atomic mass is 19.2. The molecule has 8 nitrogen and oxygen atoms in total. The lowest BCUT2D eigenvalue weighted by Crippen LogP contribution is -2.33. The minimum atomic E-state index is -1.02. The van der Waals surface area contributed by atoms with Crippen LogP contribution >= 0.6 is 0 Å². The van der Waals surface area contributed by atoms with Gasteiger partial charge in [-0.15, -0.1) is 0 Å². The van der Waals surface area contributed by atoms with E-state index in [-0.39, 0.29) is 24.5 Å². The molecule has 0 aliphatic heterocycles. The Labute approximate surface area is 237 Å². The van der Waals surface area contributed by atoms with E-state index in [1.54, 1.807) is 12.2 Å². The van der Waals surface area contributed by atoms with Crippen molar-refractivity contribution in [1.29, 1.82) is 0 Å². The molecule has 10 heteroatoms. The van der Waals surface area contributed by atoms with Crippen LogP contribution in [0.1, 0.15) is 21.5 Å². The largest absolute Gasteiger partial charge is 0.494 e. The summed E-state index contributed by atoms with van der Waals surface area (Å²) in [4.78, 5) is 37.1. The van der Waals surface area contributed by atoms with E-state index in [4.69, 9.17) is 4.98 Å². The van der Waals surface area contributed by atoms with Crippen LogP contribution in [0, 0.1) is 11.6 Å². The van der Waals surface area contributed by atoms with E-state index in [2.05, 4.69) is 15.3 Å². The SMILES string of the molecule is O=C(NC/C=C/c1ccc2c(-c3ccc4ccccc4n3)c(O)[nH]c2c1)c1cncn(Cc2ccc(F)c(F)c2)c1=O. The number of nitrogens with one attached hydrogen (secondary N) is 2. The molecule has 0 spiro atoms. The van der Waals surface area contributed by atoms with Crippen molar-refractivity contribution in [2.75, 3.05) is 6.54 Å². The summed E-state index contributed by atoms with van der Waals surface area (Å²) in [5.41, 5.74) is 3.22. The number of aromatic nitrogens is 4. The molecule has 0 aliphatic rings. The summed E-state index contributed by atoms with van der Waals surface area (Å²) in [7, 11) is 0. The van der Waals surface area contributed by atoms with Gasteiger partial charge in [0.25, 0.3) is 11.5 Å². The van der Waals surface area contributed by atoms with Crippen LogP contribution in [-0.4, -0.2) is 37.1 Å². The number of benzene rings is 3. The lowest BCUT2D eigenvalue weighted by molar-refractivity contribution is 0.0955. The number of amides is 1. The second-order valence-electron chi connectivity index (χ2n) is 9.64. The van der Waals surface area contributed by atoms with Crippen LogP contribution in [0.25, 0.3) is 39.1 Å². The van der Waals surface area contributed by atoms with Crippen molar-refractivity contribution in [3.8, 4) is 17.1 Å². The lowest BCUT2D eigenvalue weighted by Gasteiger charge is -2.08. The van der Waals surface area contributed by atoms with Crippen LogP contribution < -0.4 is 10.9 Å². The number of pyridine rings is 1. The number of para-hydroxylation sites is 1. The second-order valence-corrected chi connectivity index (χ2v) is 9.64. The topological polar surface area (TPSA) is 113 Å². The zero-order valence-corrected chi connectivity index (χ0v) is 22.0. The van der Waals surface area contributed by atoms with Gasteiger partial charge in [0.05, 0.1) is 29.6 Å². The molecule has 0 saturated heterocycles. The molecule has 0 saturated carbocycles. The Kier molecular flexibility index (Phi) is 7.02. The third-order valence-electron chi connectivity index (χ3n) is 6.83. The normalized spacial score (nSPS) is 11.5. The number of fused-ring (bicyclic) bond motifs is 2. The lowest BCUT2D eigenvalue weighted by atomic mass is 10.1. The van der Waals surface area contributed by atoms with Crippen molar-refractivity contribution in [1.82, 2.24) is 24.8 Å². The third-order valence-corrected chi connectivity index (χ3v) is 6.83. The predicted molar refractivity (Wildman–Crippen MR) is 156 cm³/mol. The van der Waals surface area contributed by atoms with Gasteiger partial charge in [-0.3, -0.25) is 14.2 Å². The number of H-pyrrole nitrogens is 1. The highest BCUT2D eigenvalue weighted by Crippen LogP contribution is 2.36. The van der Waals surface area contributed by atoms with Crippen LogP contribution in [0.3, 0.4) is 0 Å². The molecule has 0 fully saturated rings. The Hall–Kier alpha value is -5.64. The first-order valence-electron chi connectivity index (χ1n) is 13.0. The summed E-state index contributed by atoms with van der Waals surface area (Å²) in [5.74, 6) is -2.61. The summed E-state index contributed by atoms with van der Waals surface area (Å²) < 4.78 is 27.9. The Balaban J connectivity index is 1.14. The molecule has 3 N–H and O–H groups in total. The molecule has 0 bridgehead atoms. The van der Waals surface area contributed by atoms with Gasteiger partial charge in [-0.05, 0) is 41.5 Å². The summed E-state index contributed by atoms with van der Waals surface area (Å²) in [6.45, 7) is 0.0656. The zero-order chi connectivity index (χ0) is 29.2. The van der Waals surface area contributed by atoms with Crippen LogP contribution in [0.4, 0.5) is 8.78 Å². The van der Waals surface area contributed by atoms with Gasteiger partial charge in [0.15, 0.2) is 17.5 Å². The molecule has 3 heterocycles. The van der Waals surface area contributed by atoms with E-state index in [9.17, 15) is 23.5 Å². The number of carbonyl (C=O) groups is 1. The molecule has 42 heavy (non-hydrogen) atoms. The molecule has 3 aromatic heterocycles. The number of carbonyl (C=O) groups excluding carboxylic acids is 1. The number of halogens is 2. The van der Waals surface area contributed by atoms with Crippen LogP contribution in [-0.2, 0) is 6.54 Å². The van der Waals surface area contributed by atoms with E-state index < -0.39 is 23.1 Å². The summed E-state index contributed by atoms with van der Waals surface area (Å²) in [5, 5.41) is 15.1. The fourth-order valence-corrected chi connectivity index (χ4v) is 4.76. The van der Waals surface area contributed by atoms with Crippen molar-refractivity contribution >= 4 is 33.8 Å². The number of hydrogen-bond donors (Lipinski definition) is 3. The van der Waals surface area contributed by atoms with E-state index in [0.717, 1.165) is 50.3 Å². The Morgan fingerprint density at radius 1 is 1.02 bits per heavy atom. The Morgan fingerprint density at radius 2 is 1.88 bits per heavy atom. The zero-order valence-electron chi connectivity index (χ0n) is 22.0. The molecule has 0 unspecified atom stereocenters. The Bertz CT molecular complexity index is 2070. The van der Waals surface area contributed by atoms with Gasteiger partial charge >= 0.3 is 0 Å². The first-order chi connectivity index (χ1) is 20.4. The number of aromatic hydroxyl groups is 1. The molecule has 3 aromatic carbocycles. The van der Waals surface area contributed by atoms with E-state index in [1.165, 1.54) is 12.4 Å². The molecule has 0 radical (unpaired) electrons. The van der Waals surface area contributed by atoms with Crippen molar-refractivity contribution in [3.63, 3.8) is 0 Å². The highest BCUT2D eigenvalue weighted by Gasteiger charge is 2.15. The fourth-order valence-electron chi connectivity index (χ4n) is 4.76. The summed E-state index contributed by atoms with van der Waals surface area (Å²) in [6.07, 6.45) is 5.92. The van der Waals surface area contributed by atoms with Gasteiger partial charge in [0.2, 0.25) is 0 Å². The van der Waals surface area contributed by atoms with Gasteiger partial charge in [0, 0.05) is 29.0 Å². The summed E-state index contributed by atoms with van der Waals surface area (Å²) >= 11 is 0. The van der Waals surface area contributed by atoms with Crippen molar-refractivity contribution in [2.24, 2.45) is 0 Å². The quantitative estimate of drug-likeness (QED) is 0.240. The molecule has 6 aromatic rings. The van der Waals surface area contributed by atoms with Gasteiger partial charge < -0.3 is 15.4 Å². The molecule has 6 rings (SSSR count). The second kappa shape index (κ2) is 11.1. The molecule has 208 valence electrons. The first-order valence-corrected chi connectivity index (χ1v) is 13.0. The standard InChI is InChI=1S/C32H23F2N5O3/c33-24-11-8-20(14-25(24)34)17-39-18-35-16-23(32(39)42)30(40)36-13-3-4-19-7-10-22-28(15-19)38-31(41)29(22)27-12-9-21-5-1-2-6-26(21)37-27/h1-12,14-16,18,38,41H,13,17H2,(H,36,40)/b4-3+. The van der Waals surface area contributed by atoms with E-state index in [1.807, 2.05) is 54.6 Å². The molecular weight excluding hydrogens is 540 g/mol. The first kappa shape index (κ1) is 26.6. The number of nitrogens with zero attached hydrogens (tertiary/aromatic N) is 3. The smallest absolute Gasteiger partial charge is 0.266 e. The van der Waals surface area contributed by atoms with Crippen LogP contribution in [0.5, 0.6) is 5.88 Å². The van der Waals surface area contributed by atoms with Crippen molar-refractivity contribution in [2.45, 2.75) is 6.54 Å². The minimum Gasteiger partial charge on any atom is -0.494 e. The number of rotatable bonds is 7. The highest BCUT2D eigenvalue weighted by molar-refractivity contribution is 6.00. The predicted octanol–water partition coefficient (Wildman–Crippen LogP) is 5.42. The maximum atomic E-state index is 13.5. The summed E-state index contributed by atoms with van der Waals surface area (Å²) in [6, 6.07) is 20.6. The number of aromatic amines is 1. The molecule has 0 aliphatic carbocycles. The monoisotopic (exact) mass is 563 g/mol. The van der Waals surface area contributed by atoms with Gasteiger partial charge in [-0.25, -0.2) is 18.7 Å². The third kappa shape index (κ3) is 5.25. The maximum Gasteiger partial charge on any atom is 0.266 e. The van der Waals surface area contributed by atoms with Crippen LogP contribution in [0.2, 0.25) is 0 Å².